The Labute approximate surface area is 173 Å². The Morgan fingerprint density at radius 2 is 1.76 bits per heavy atom. The number of aliphatic hydroxyl groups is 3. The summed E-state index contributed by atoms with van der Waals surface area (Å²) in [5.74, 6) is 0.721. The minimum absolute atomic E-state index is 0.0589. The molecule has 0 bridgehead atoms. The molecule has 0 aliphatic carbocycles. The molecule has 0 saturated carbocycles. The highest BCUT2D eigenvalue weighted by molar-refractivity contribution is 5.29. The molecule has 0 aromatic heterocycles. The molecule has 6 heteroatoms. The van der Waals surface area contributed by atoms with Crippen LogP contribution in [0.4, 0.5) is 0 Å². The smallest absolute Gasteiger partial charge is 0.119 e. The number of fused-ring (bicyclic) bond motifs is 1. The van der Waals surface area contributed by atoms with Crippen LogP contribution in [0.3, 0.4) is 0 Å². The molecule has 2 aromatic carbocycles. The molecule has 0 spiro atoms. The van der Waals surface area contributed by atoms with Gasteiger partial charge in [0.05, 0.1) is 13.2 Å². The van der Waals surface area contributed by atoms with Gasteiger partial charge >= 0.3 is 0 Å². The van der Waals surface area contributed by atoms with Crippen LogP contribution in [0, 0.1) is 0 Å². The molecule has 158 valence electrons. The van der Waals surface area contributed by atoms with E-state index in [1.165, 1.54) is 11.1 Å². The number of hydrogen-bond acceptors (Lipinski definition) is 6. The fourth-order valence-electron chi connectivity index (χ4n) is 3.80. The lowest BCUT2D eigenvalue weighted by Crippen LogP contribution is -2.38. The van der Waals surface area contributed by atoms with Gasteiger partial charge < -0.3 is 20.1 Å². The Bertz CT molecular complexity index is 749. The molecular weight excluding hydrogens is 368 g/mol. The van der Waals surface area contributed by atoms with Gasteiger partial charge in [0.25, 0.3) is 0 Å². The number of ether oxygens (including phenoxy) is 1. The molecular formula is C23H32N2O4. The van der Waals surface area contributed by atoms with E-state index in [0.717, 1.165) is 30.8 Å². The number of β-amino-alcohol motifs (C(OH)–C–C–N with tert-alkyl or cyclic N) is 1. The second-order valence-corrected chi connectivity index (χ2v) is 7.59. The Morgan fingerprint density at radius 1 is 1.00 bits per heavy atom. The van der Waals surface area contributed by atoms with E-state index < -0.39 is 6.10 Å². The second-order valence-electron chi connectivity index (χ2n) is 7.59. The van der Waals surface area contributed by atoms with Crippen molar-refractivity contribution in [3.8, 4) is 5.75 Å². The van der Waals surface area contributed by atoms with E-state index in [0.29, 0.717) is 26.2 Å². The molecule has 0 amide bonds. The number of benzene rings is 2. The highest BCUT2D eigenvalue weighted by Crippen LogP contribution is 2.19. The summed E-state index contributed by atoms with van der Waals surface area (Å²) in [6, 6.07) is 16.2. The average molecular weight is 401 g/mol. The van der Waals surface area contributed by atoms with Gasteiger partial charge in [-0.05, 0) is 35.2 Å². The molecule has 1 atom stereocenters. The SMILES string of the molecule is OCCN(CCO)Cc1cccc(OC[C@@H](O)CN2CCc3ccccc3C2)c1. The van der Waals surface area contributed by atoms with Crippen LogP contribution in [0.25, 0.3) is 0 Å². The zero-order chi connectivity index (χ0) is 20.5. The molecule has 1 aliphatic rings. The zero-order valence-corrected chi connectivity index (χ0v) is 16.9. The summed E-state index contributed by atoms with van der Waals surface area (Å²) in [6.07, 6.45) is 0.466. The molecule has 6 nitrogen and oxygen atoms in total. The van der Waals surface area contributed by atoms with Crippen LogP contribution in [-0.2, 0) is 19.5 Å². The van der Waals surface area contributed by atoms with Gasteiger partial charge in [-0.25, -0.2) is 0 Å². The van der Waals surface area contributed by atoms with Crippen molar-refractivity contribution in [2.75, 3.05) is 46.0 Å². The van der Waals surface area contributed by atoms with Crippen molar-refractivity contribution in [1.29, 1.82) is 0 Å². The molecule has 3 rings (SSSR count). The van der Waals surface area contributed by atoms with Crippen molar-refractivity contribution in [3.05, 3.63) is 65.2 Å². The first-order valence-corrected chi connectivity index (χ1v) is 10.3. The Kier molecular flexibility index (Phi) is 8.46. The van der Waals surface area contributed by atoms with Crippen LogP contribution in [0.2, 0.25) is 0 Å². The van der Waals surface area contributed by atoms with E-state index in [9.17, 15) is 5.11 Å². The van der Waals surface area contributed by atoms with Gasteiger partial charge in [0.2, 0.25) is 0 Å². The van der Waals surface area contributed by atoms with Crippen molar-refractivity contribution in [2.45, 2.75) is 25.6 Å². The largest absolute Gasteiger partial charge is 0.491 e. The normalized spacial score (nSPS) is 15.3. The fraction of sp³-hybridized carbons (Fsp3) is 0.478. The van der Waals surface area contributed by atoms with E-state index >= 15 is 0 Å². The number of aliphatic hydroxyl groups excluding tert-OH is 3. The molecule has 3 N–H and O–H groups in total. The number of hydrogen-bond donors (Lipinski definition) is 3. The lowest BCUT2D eigenvalue weighted by atomic mass is 10.00. The maximum absolute atomic E-state index is 10.4. The van der Waals surface area contributed by atoms with Crippen LogP contribution in [0.5, 0.6) is 5.75 Å². The minimum Gasteiger partial charge on any atom is -0.491 e. The summed E-state index contributed by atoms with van der Waals surface area (Å²) in [7, 11) is 0. The fourth-order valence-corrected chi connectivity index (χ4v) is 3.80. The Hall–Kier alpha value is -1.96. The van der Waals surface area contributed by atoms with E-state index in [-0.39, 0.29) is 19.8 Å². The number of nitrogens with zero attached hydrogens (tertiary/aromatic N) is 2. The molecule has 0 radical (unpaired) electrons. The van der Waals surface area contributed by atoms with Gasteiger partial charge in [0, 0.05) is 39.3 Å². The first kappa shape index (κ1) is 21.7. The highest BCUT2D eigenvalue weighted by Gasteiger charge is 2.18. The van der Waals surface area contributed by atoms with Gasteiger partial charge in [0.15, 0.2) is 0 Å². The summed E-state index contributed by atoms with van der Waals surface area (Å²) >= 11 is 0. The van der Waals surface area contributed by atoms with E-state index in [1.54, 1.807) is 0 Å². The quantitative estimate of drug-likeness (QED) is 0.527. The van der Waals surface area contributed by atoms with Gasteiger partial charge in [0.1, 0.15) is 18.5 Å². The minimum atomic E-state index is -0.552. The van der Waals surface area contributed by atoms with E-state index in [1.807, 2.05) is 29.2 Å². The molecule has 0 fully saturated rings. The molecule has 0 saturated heterocycles. The summed E-state index contributed by atoms with van der Waals surface area (Å²) in [6.45, 7) is 4.45. The molecule has 2 aromatic rings. The van der Waals surface area contributed by atoms with Crippen molar-refractivity contribution >= 4 is 0 Å². The third-order valence-corrected chi connectivity index (χ3v) is 5.26. The van der Waals surface area contributed by atoms with Crippen LogP contribution in [-0.4, -0.2) is 77.2 Å². The van der Waals surface area contributed by atoms with E-state index in [2.05, 4.69) is 29.2 Å². The predicted octanol–water partition coefficient (Wildman–Crippen LogP) is 1.27. The predicted molar refractivity (Wildman–Crippen MR) is 113 cm³/mol. The third-order valence-electron chi connectivity index (χ3n) is 5.26. The number of rotatable bonds is 11. The van der Waals surface area contributed by atoms with Crippen LogP contribution < -0.4 is 4.74 Å². The topological polar surface area (TPSA) is 76.4 Å². The van der Waals surface area contributed by atoms with Crippen LogP contribution >= 0.6 is 0 Å². The first-order chi connectivity index (χ1) is 14.2. The van der Waals surface area contributed by atoms with Crippen molar-refractivity contribution in [3.63, 3.8) is 0 Å². The van der Waals surface area contributed by atoms with Crippen molar-refractivity contribution < 1.29 is 20.1 Å². The summed E-state index contributed by atoms with van der Waals surface area (Å²) in [5.41, 5.74) is 3.80. The van der Waals surface area contributed by atoms with Crippen LogP contribution in [0.1, 0.15) is 16.7 Å². The lowest BCUT2D eigenvalue weighted by molar-refractivity contribution is 0.0637. The van der Waals surface area contributed by atoms with Gasteiger partial charge in [-0.3, -0.25) is 9.80 Å². The standard InChI is InChI=1S/C23H32N2O4/c26-12-10-24(11-13-27)15-19-4-3-7-23(14-19)29-18-22(28)17-25-9-8-20-5-1-2-6-21(20)16-25/h1-7,14,22,26-28H,8-13,15-18H2/t22-/m0/s1. The summed E-state index contributed by atoms with van der Waals surface area (Å²) in [5, 5.41) is 28.7. The van der Waals surface area contributed by atoms with Crippen molar-refractivity contribution in [1.82, 2.24) is 9.80 Å². The zero-order valence-electron chi connectivity index (χ0n) is 16.9. The van der Waals surface area contributed by atoms with Gasteiger partial charge in [-0.1, -0.05) is 36.4 Å². The monoisotopic (exact) mass is 400 g/mol. The van der Waals surface area contributed by atoms with Crippen LogP contribution in [0.15, 0.2) is 48.5 Å². The summed E-state index contributed by atoms with van der Waals surface area (Å²) in [4.78, 5) is 4.26. The molecule has 0 unspecified atom stereocenters. The highest BCUT2D eigenvalue weighted by atomic mass is 16.5. The Balaban J connectivity index is 1.47. The van der Waals surface area contributed by atoms with E-state index in [4.69, 9.17) is 14.9 Å². The maximum atomic E-state index is 10.4. The molecule has 1 heterocycles. The van der Waals surface area contributed by atoms with Crippen molar-refractivity contribution in [2.24, 2.45) is 0 Å². The third kappa shape index (κ3) is 6.80. The van der Waals surface area contributed by atoms with Gasteiger partial charge in [-0.15, -0.1) is 0 Å². The lowest BCUT2D eigenvalue weighted by Gasteiger charge is -2.30. The molecule has 1 aliphatic heterocycles. The maximum Gasteiger partial charge on any atom is 0.119 e. The Morgan fingerprint density at radius 3 is 2.52 bits per heavy atom. The second kappa shape index (κ2) is 11.3. The van der Waals surface area contributed by atoms with Gasteiger partial charge in [-0.2, -0.15) is 0 Å². The summed E-state index contributed by atoms with van der Waals surface area (Å²) < 4.78 is 5.83. The average Bonchev–Trinajstić information content (AvgIpc) is 2.73. The first-order valence-electron chi connectivity index (χ1n) is 10.3. The molecule has 29 heavy (non-hydrogen) atoms.